The molecule has 2 rings (SSSR count). The molecule has 0 aliphatic rings. The van der Waals surface area contributed by atoms with Crippen LogP contribution in [0.1, 0.15) is 11.3 Å². The molecule has 1 aromatic carbocycles. The number of methoxy groups -OCH3 is 1. The van der Waals surface area contributed by atoms with Crippen molar-refractivity contribution in [1.29, 1.82) is 0 Å². The summed E-state index contributed by atoms with van der Waals surface area (Å²) in [4.78, 5) is 4.77. The van der Waals surface area contributed by atoms with Crippen molar-refractivity contribution >= 4 is 17.2 Å². The van der Waals surface area contributed by atoms with Crippen molar-refractivity contribution in [3.63, 3.8) is 0 Å². The lowest BCUT2D eigenvalue weighted by molar-refractivity contribution is 0.298. The topological polar surface area (TPSA) is 57.4 Å². The van der Waals surface area contributed by atoms with Crippen molar-refractivity contribution in [2.24, 2.45) is 5.73 Å². The van der Waals surface area contributed by atoms with Crippen LogP contribution in [0.15, 0.2) is 42.5 Å². The van der Waals surface area contributed by atoms with Gasteiger partial charge in [0.15, 0.2) is 0 Å². The van der Waals surface area contributed by atoms with Crippen molar-refractivity contribution in [1.82, 2.24) is 4.98 Å². The highest BCUT2D eigenvalue weighted by atomic mass is 32.1. The maximum atomic E-state index is 5.67. The number of nitrogens with two attached hydrogens (primary N) is 1. The molecule has 0 amide bonds. The number of hydrogen-bond donors (Lipinski definition) is 1. The van der Waals surface area contributed by atoms with Gasteiger partial charge in [-0.05, 0) is 23.8 Å². The van der Waals surface area contributed by atoms with Gasteiger partial charge >= 0.3 is 0 Å². The van der Waals surface area contributed by atoms with Crippen LogP contribution in [0.25, 0.3) is 0 Å². The Labute approximate surface area is 123 Å². The Morgan fingerprint density at radius 1 is 1.20 bits per heavy atom. The zero-order valence-corrected chi connectivity index (χ0v) is 12.0. The van der Waals surface area contributed by atoms with Gasteiger partial charge in [-0.1, -0.05) is 30.4 Å². The van der Waals surface area contributed by atoms with Crippen molar-refractivity contribution < 1.29 is 9.47 Å². The summed E-state index contributed by atoms with van der Waals surface area (Å²) in [6, 6.07) is 13.3. The molecule has 104 valence electrons. The van der Waals surface area contributed by atoms with Crippen LogP contribution in [0.4, 0.5) is 0 Å². The first-order valence-electron chi connectivity index (χ1n) is 6.17. The van der Waals surface area contributed by atoms with Crippen LogP contribution in [-0.2, 0) is 13.0 Å². The predicted octanol–water partition coefficient (Wildman–Crippen LogP) is 2.50. The Morgan fingerprint density at radius 2 is 1.95 bits per heavy atom. The van der Waals surface area contributed by atoms with Gasteiger partial charge in [0.25, 0.3) is 0 Å². The average Bonchev–Trinajstić information content (AvgIpc) is 2.46. The number of thiocarbonyl (C=S) groups is 1. The van der Waals surface area contributed by atoms with Gasteiger partial charge in [0.05, 0.1) is 17.8 Å². The van der Waals surface area contributed by atoms with Gasteiger partial charge < -0.3 is 15.2 Å². The first-order chi connectivity index (χ1) is 9.67. The zero-order chi connectivity index (χ0) is 14.4. The standard InChI is InChI=1S/C15H16N2O2S/c1-18-15-4-2-3-12(17-15)10-19-13-7-5-11(6-8-13)9-14(16)20/h2-8H,9-10H2,1H3,(H2,16,20). The van der Waals surface area contributed by atoms with E-state index in [4.69, 9.17) is 27.4 Å². The number of ether oxygens (including phenoxy) is 2. The molecular weight excluding hydrogens is 272 g/mol. The van der Waals surface area contributed by atoms with E-state index in [1.54, 1.807) is 13.2 Å². The maximum absolute atomic E-state index is 5.67. The number of aromatic nitrogens is 1. The Kier molecular flexibility index (Phi) is 4.90. The second-order valence-corrected chi connectivity index (χ2v) is 4.77. The first-order valence-corrected chi connectivity index (χ1v) is 6.58. The Balaban J connectivity index is 1.94. The predicted molar refractivity (Wildman–Crippen MR) is 82.1 cm³/mol. The average molecular weight is 288 g/mol. The van der Waals surface area contributed by atoms with Crippen molar-refractivity contribution in [3.05, 3.63) is 53.7 Å². The van der Waals surface area contributed by atoms with E-state index in [1.165, 1.54) is 0 Å². The summed E-state index contributed by atoms with van der Waals surface area (Å²) in [6.45, 7) is 0.395. The number of pyridine rings is 1. The quantitative estimate of drug-likeness (QED) is 0.828. The third-order valence-electron chi connectivity index (χ3n) is 2.68. The second-order valence-electron chi connectivity index (χ2n) is 4.25. The summed E-state index contributed by atoms with van der Waals surface area (Å²) in [5.74, 6) is 1.36. The highest BCUT2D eigenvalue weighted by Crippen LogP contribution is 2.15. The lowest BCUT2D eigenvalue weighted by atomic mass is 10.1. The molecule has 0 spiro atoms. The third-order valence-corrected chi connectivity index (χ3v) is 2.82. The molecule has 0 fully saturated rings. The molecule has 1 heterocycles. The molecule has 0 bridgehead atoms. The molecule has 0 atom stereocenters. The van der Waals surface area contributed by atoms with Crippen LogP contribution >= 0.6 is 12.2 Å². The Morgan fingerprint density at radius 3 is 2.60 bits per heavy atom. The first kappa shape index (κ1) is 14.3. The second kappa shape index (κ2) is 6.86. The minimum Gasteiger partial charge on any atom is -0.487 e. The van der Waals surface area contributed by atoms with Crippen molar-refractivity contribution in [2.75, 3.05) is 7.11 Å². The van der Waals surface area contributed by atoms with Crippen LogP contribution in [0.3, 0.4) is 0 Å². The summed E-state index contributed by atoms with van der Waals surface area (Å²) in [6.07, 6.45) is 0.604. The van der Waals surface area contributed by atoms with E-state index in [2.05, 4.69) is 4.98 Å². The van der Waals surface area contributed by atoms with E-state index in [1.807, 2.05) is 36.4 Å². The Hall–Kier alpha value is -2.14. The molecule has 4 nitrogen and oxygen atoms in total. The maximum Gasteiger partial charge on any atom is 0.213 e. The summed E-state index contributed by atoms with van der Waals surface area (Å²) >= 11 is 4.88. The largest absolute Gasteiger partial charge is 0.487 e. The summed E-state index contributed by atoms with van der Waals surface area (Å²) < 4.78 is 10.7. The fraction of sp³-hybridized carbons (Fsp3) is 0.200. The zero-order valence-electron chi connectivity index (χ0n) is 11.2. The fourth-order valence-electron chi connectivity index (χ4n) is 1.71. The van der Waals surface area contributed by atoms with Gasteiger partial charge in [-0.15, -0.1) is 0 Å². The lowest BCUT2D eigenvalue weighted by Gasteiger charge is -2.07. The molecule has 0 radical (unpaired) electrons. The van der Waals surface area contributed by atoms with E-state index < -0.39 is 0 Å². The lowest BCUT2D eigenvalue weighted by Crippen LogP contribution is -2.10. The smallest absolute Gasteiger partial charge is 0.213 e. The van der Waals surface area contributed by atoms with Gasteiger partial charge in [0, 0.05) is 12.5 Å². The van der Waals surface area contributed by atoms with Gasteiger partial charge in [-0.3, -0.25) is 0 Å². The molecule has 0 aliphatic heterocycles. The molecule has 1 aromatic heterocycles. The minimum atomic E-state index is 0.395. The van der Waals surface area contributed by atoms with Crippen LogP contribution in [0.5, 0.6) is 11.6 Å². The summed E-state index contributed by atoms with van der Waals surface area (Å²) in [7, 11) is 1.59. The third kappa shape index (κ3) is 4.20. The Bertz CT molecular complexity index is 585. The van der Waals surface area contributed by atoms with Crippen LogP contribution < -0.4 is 15.2 Å². The number of rotatable bonds is 6. The molecular formula is C15H16N2O2S. The van der Waals surface area contributed by atoms with Gasteiger partial charge in [0.2, 0.25) is 5.88 Å². The normalized spacial score (nSPS) is 10.1. The molecule has 2 N–H and O–H groups in total. The molecule has 0 saturated carbocycles. The molecule has 2 aromatic rings. The molecule has 0 saturated heterocycles. The molecule has 20 heavy (non-hydrogen) atoms. The minimum absolute atomic E-state index is 0.395. The van der Waals surface area contributed by atoms with E-state index in [0.717, 1.165) is 17.0 Å². The van der Waals surface area contributed by atoms with E-state index in [0.29, 0.717) is 23.9 Å². The van der Waals surface area contributed by atoms with Crippen LogP contribution in [-0.4, -0.2) is 17.1 Å². The van der Waals surface area contributed by atoms with Crippen LogP contribution in [0, 0.1) is 0 Å². The number of benzene rings is 1. The monoisotopic (exact) mass is 288 g/mol. The van der Waals surface area contributed by atoms with Crippen LogP contribution in [0.2, 0.25) is 0 Å². The fourth-order valence-corrected chi connectivity index (χ4v) is 1.88. The van der Waals surface area contributed by atoms with Crippen molar-refractivity contribution in [2.45, 2.75) is 13.0 Å². The number of hydrogen-bond acceptors (Lipinski definition) is 4. The van der Waals surface area contributed by atoms with Gasteiger partial charge in [0.1, 0.15) is 12.4 Å². The summed E-state index contributed by atoms with van der Waals surface area (Å²) in [5, 5.41) is 0. The van der Waals surface area contributed by atoms with Gasteiger partial charge in [-0.25, -0.2) is 4.98 Å². The molecule has 0 aliphatic carbocycles. The molecule has 5 heteroatoms. The van der Waals surface area contributed by atoms with E-state index in [9.17, 15) is 0 Å². The van der Waals surface area contributed by atoms with E-state index >= 15 is 0 Å². The molecule has 0 unspecified atom stereocenters. The van der Waals surface area contributed by atoms with E-state index in [-0.39, 0.29) is 0 Å². The number of nitrogens with zero attached hydrogens (tertiary/aromatic N) is 1. The van der Waals surface area contributed by atoms with Gasteiger partial charge in [-0.2, -0.15) is 0 Å². The highest BCUT2D eigenvalue weighted by Gasteiger charge is 2.00. The SMILES string of the molecule is COc1cccc(COc2ccc(CC(N)=S)cc2)n1. The highest BCUT2D eigenvalue weighted by molar-refractivity contribution is 7.80. The van der Waals surface area contributed by atoms with Crippen molar-refractivity contribution in [3.8, 4) is 11.6 Å². The summed E-state index contributed by atoms with van der Waals surface area (Å²) in [5.41, 5.74) is 7.39.